The largest absolute Gasteiger partial charge is 0.360 e. The molecule has 0 spiro atoms. The summed E-state index contributed by atoms with van der Waals surface area (Å²) in [4.78, 5) is 6.72. The molecular formula is C12H16ClN3S. The number of benzene rings is 1. The first-order valence-electron chi connectivity index (χ1n) is 5.51. The Morgan fingerprint density at radius 1 is 1.41 bits per heavy atom. The van der Waals surface area contributed by atoms with Crippen LogP contribution < -0.4 is 5.32 Å². The molecule has 1 N–H and O–H groups in total. The SMILES string of the molecule is Cc1cc(Cl)cc2sc(NCCN(C)C)nc12. The maximum atomic E-state index is 6.03. The van der Waals surface area contributed by atoms with Gasteiger partial charge in [0.15, 0.2) is 5.13 Å². The topological polar surface area (TPSA) is 28.2 Å². The fourth-order valence-corrected chi connectivity index (χ4v) is 2.96. The molecule has 1 aromatic carbocycles. The summed E-state index contributed by atoms with van der Waals surface area (Å²) in [5, 5.41) is 5.08. The van der Waals surface area contributed by atoms with E-state index in [1.54, 1.807) is 11.3 Å². The van der Waals surface area contributed by atoms with Crippen molar-refractivity contribution in [1.29, 1.82) is 0 Å². The molecule has 5 heteroatoms. The molecule has 0 unspecified atom stereocenters. The van der Waals surface area contributed by atoms with Gasteiger partial charge in [0.25, 0.3) is 0 Å². The van der Waals surface area contributed by atoms with E-state index < -0.39 is 0 Å². The Kier molecular flexibility index (Phi) is 3.86. The van der Waals surface area contributed by atoms with E-state index >= 15 is 0 Å². The molecule has 3 nitrogen and oxygen atoms in total. The van der Waals surface area contributed by atoms with Crippen LogP contribution in [0.25, 0.3) is 10.2 Å². The van der Waals surface area contributed by atoms with Crippen molar-refractivity contribution < 1.29 is 0 Å². The zero-order valence-electron chi connectivity index (χ0n) is 10.2. The predicted molar refractivity (Wildman–Crippen MR) is 76.4 cm³/mol. The summed E-state index contributed by atoms with van der Waals surface area (Å²) in [6.07, 6.45) is 0. The molecule has 0 aliphatic rings. The summed E-state index contributed by atoms with van der Waals surface area (Å²) in [6.45, 7) is 3.94. The average Bonchev–Trinajstić information content (AvgIpc) is 2.60. The fourth-order valence-electron chi connectivity index (χ4n) is 1.62. The molecule has 0 atom stereocenters. The second-order valence-corrected chi connectivity index (χ2v) is 5.79. The van der Waals surface area contributed by atoms with Crippen molar-refractivity contribution in [3.63, 3.8) is 0 Å². The number of halogens is 1. The van der Waals surface area contributed by atoms with Crippen molar-refractivity contribution in [1.82, 2.24) is 9.88 Å². The van der Waals surface area contributed by atoms with Crippen LogP contribution in [0, 0.1) is 6.92 Å². The molecule has 17 heavy (non-hydrogen) atoms. The number of aromatic nitrogens is 1. The van der Waals surface area contributed by atoms with Gasteiger partial charge in [0.2, 0.25) is 0 Å². The van der Waals surface area contributed by atoms with Crippen molar-refractivity contribution in [2.24, 2.45) is 0 Å². The van der Waals surface area contributed by atoms with Gasteiger partial charge >= 0.3 is 0 Å². The van der Waals surface area contributed by atoms with Crippen LogP contribution in [-0.2, 0) is 0 Å². The molecule has 2 aromatic rings. The monoisotopic (exact) mass is 269 g/mol. The lowest BCUT2D eigenvalue weighted by atomic mass is 10.2. The number of thiazole rings is 1. The summed E-state index contributed by atoms with van der Waals surface area (Å²) in [5.41, 5.74) is 2.18. The first-order valence-corrected chi connectivity index (χ1v) is 6.71. The number of hydrogen-bond acceptors (Lipinski definition) is 4. The van der Waals surface area contributed by atoms with Crippen molar-refractivity contribution in [3.05, 3.63) is 22.7 Å². The maximum Gasteiger partial charge on any atom is 0.183 e. The second kappa shape index (κ2) is 5.21. The smallest absolute Gasteiger partial charge is 0.183 e. The van der Waals surface area contributed by atoms with Crippen molar-refractivity contribution in [3.8, 4) is 0 Å². The van der Waals surface area contributed by atoms with E-state index in [2.05, 4.69) is 29.3 Å². The van der Waals surface area contributed by atoms with E-state index in [1.165, 1.54) is 0 Å². The minimum Gasteiger partial charge on any atom is -0.360 e. The summed E-state index contributed by atoms with van der Waals surface area (Å²) in [6, 6.07) is 3.92. The Morgan fingerprint density at radius 2 is 2.18 bits per heavy atom. The predicted octanol–water partition coefficient (Wildman–Crippen LogP) is 3.23. The van der Waals surface area contributed by atoms with Gasteiger partial charge in [0, 0.05) is 18.1 Å². The number of rotatable bonds is 4. The van der Waals surface area contributed by atoms with Gasteiger partial charge in [0.1, 0.15) is 0 Å². The van der Waals surface area contributed by atoms with E-state index in [0.717, 1.165) is 39.0 Å². The highest BCUT2D eigenvalue weighted by atomic mass is 35.5. The molecule has 1 heterocycles. The molecule has 0 bridgehead atoms. The molecule has 0 aliphatic carbocycles. The molecule has 92 valence electrons. The van der Waals surface area contributed by atoms with Gasteiger partial charge in [-0.3, -0.25) is 0 Å². The Labute approximate surface area is 110 Å². The standard InChI is InChI=1S/C12H16ClN3S/c1-8-6-9(13)7-10-11(8)15-12(17-10)14-4-5-16(2)3/h6-7H,4-5H2,1-3H3,(H,14,15). The van der Waals surface area contributed by atoms with Crippen LogP contribution in [-0.4, -0.2) is 37.1 Å². The van der Waals surface area contributed by atoms with E-state index in [4.69, 9.17) is 11.6 Å². The Balaban J connectivity index is 2.17. The molecule has 0 radical (unpaired) electrons. The first-order chi connectivity index (χ1) is 8.06. The molecular weight excluding hydrogens is 254 g/mol. The lowest BCUT2D eigenvalue weighted by molar-refractivity contribution is 0.425. The minimum absolute atomic E-state index is 0.776. The summed E-state index contributed by atoms with van der Waals surface area (Å²) < 4.78 is 1.14. The van der Waals surface area contributed by atoms with Gasteiger partial charge in [0.05, 0.1) is 10.2 Å². The lowest BCUT2D eigenvalue weighted by Crippen LogP contribution is -2.20. The number of hydrogen-bond donors (Lipinski definition) is 1. The Morgan fingerprint density at radius 3 is 2.88 bits per heavy atom. The molecule has 0 fully saturated rings. The number of anilines is 1. The zero-order valence-corrected chi connectivity index (χ0v) is 11.8. The molecule has 0 amide bonds. The van der Waals surface area contributed by atoms with Gasteiger partial charge in [-0.25, -0.2) is 4.98 Å². The van der Waals surface area contributed by atoms with Crippen molar-refractivity contribution in [2.45, 2.75) is 6.92 Å². The summed E-state index contributed by atoms with van der Waals surface area (Å²) in [5.74, 6) is 0. The Hall–Kier alpha value is -0.840. The number of nitrogens with one attached hydrogen (secondary N) is 1. The molecule has 0 saturated heterocycles. The van der Waals surface area contributed by atoms with Gasteiger partial charge in [-0.2, -0.15) is 0 Å². The molecule has 0 aliphatic heterocycles. The van der Waals surface area contributed by atoms with Gasteiger partial charge < -0.3 is 10.2 Å². The quantitative estimate of drug-likeness (QED) is 0.924. The highest BCUT2D eigenvalue weighted by molar-refractivity contribution is 7.22. The fraction of sp³-hybridized carbons (Fsp3) is 0.417. The second-order valence-electron chi connectivity index (χ2n) is 4.32. The third-order valence-electron chi connectivity index (χ3n) is 2.49. The third kappa shape index (κ3) is 3.09. The molecule has 0 saturated carbocycles. The maximum absolute atomic E-state index is 6.03. The van der Waals surface area contributed by atoms with Gasteiger partial charge in [-0.1, -0.05) is 22.9 Å². The number of fused-ring (bicyclic) bond motifs is 1. The van der Waals surface area contributed by atoms with Crippen LogP contribution in [0.2, 0.25) is 5.02 Å². The van der Waals surface area contributed by atoms with E-state index in [9.17, 15) is 0 Å². The van der Waals surface area contributed by atoms with Crippen LogP contribution in [0.15, 0.2) is 12.1 Å². The molecule has 1 aromatic heterocycles. The van der Waals surface area contributed by atoms with Crippen LogP contribution in [0.5, 0.6) is 0 Å². The summed E-state index contributed by atoms with van der Waals surface area (Å²) >= 11 is 7.68. The van der Waals surface area contributed by atoms with Crippen LogP contribution in [0.1, 0.15) is 5.56 Å². The number of likely N-dealkylation sites (N-methyl/N-ethyl adjacent to an activating group) is 1. The molecule has 2 rings (SSSR count). The van der Waals surface area contributed by atoms with Crippen molar-refractivity contribution >= 4 is 38.3 Å². The van der Waals surface area contributed by atoms with Gasteiger partial charge in [-0.15, -0.1) is 0 Å². The third-order valence-corrected chi connectivity index (χ3v) is 3.66. The summed E-state index contributed by atoms with van der Waals surface area (Å²) in [7, 11) is 4.12. The number of aryl methyl sites for hydroxylation is 1. The lowest BCUT2D eigenvalue weighted by Gasteiger charge is -2.08. The highest BCUT2D eigenvalue weighted by Gasteiger charge is 2.07. The number of nitrogens with zero attached hydrogens (tertiary/aromatic N) is 2. The van der Waals surface area contributed by atoms with Crippen LogP contribution in [0.4, 0.5) is 5.13 Å². The minimum atomic E-state index is 0.776. The Bertz CT molecular complexity index is 522. The van der Waals surface area contributed by atoms with E-state index in [-0.39, 0.29) is 0 Å². The zero-order chi connectivity index (χ0) is 12.4. The van der Waals surface area contributed by atoms with E-state index in [0.29, 0.717) is 0 Å². The normalized spacial score (nSPS) is 11.4. The van der Waals surface area contributed by atoms with E-state index in [1.807, 2.05) is 19.1 Å². The average molecular weight is 270 g/mol. The first kappa shape index (κ1) is 12.6. The van der Waals surface area contributed by atoms with Crippen LogP contribution >= 0.6 is 22.9 Å². The highest BCUT2D eigenvalue weighted by Crippen LogP contribution is 2.30. The van der Waals surface area contributed by atoms with Crippen molar-refractivity contribution in [2.75, 3.05) is 32.5 Å². The van der Waals surface area contributed by atoms with Crippen LogP contribution in [0.3, 0.4) is 0 Å². The van der Waals surface area contributed by atoms with Gasteiger partial charge in [-0.05, 0) is 38.7 Å².